The predicted molar refractivity (Wildman–Crippen MR) is 65.3 cm³/mol. The number of hydrogen-bond acceptors (Lipinski definition) is 5. The molecule has 2 aromatic heterocycles. The third-order valence-electron chi connectivity index (χ3n) is 2.09. The maximum absolute atomic E-state index is 11.7. The van der Waals surface area contributed by atoms with Crippen LogP contribution in [0.15, 0.2) is 34.0 Å². The molecule has 0 N–H and O–H groups in total. The topological polar surface area (TPSA) is 56.0 Å². The minimum atomic E-state index is -0.0530. The molecule has 88 valence electrons. The smallest absolute Gasteiger partial charge is 0.208 e. The first-order valence-corrected chi connectivity index (χ1v) is 6.15. The summed E-state index contributed by atoms with van der Waals surface area (Å²) < 4.78 is 5.03. The zero-order valence-electron chi connectivity index (χ0n) is 9.64. The van der Waals surface area contributed by atoms with Gasteiger partial charge in [0.2, 0.25) is 5.78 Å². The lowest BCUT2D eigenvalue weighted by molar-refractivity contribution is 0.0992. The van der Waals surface area contributed by atoms with E-state index < -0.39 is 0 Å². The van der Waals surface area contributed by atoms with E-state index in [0.717, 1.165) is 11.4 Å². The first kappa shape index (κ1) is 11.9. The molecule has 0 atom stereocenters. The Bertz CT molecular complexity index is 503. The number of ketones is 1. The maximum atomic E-state index is 11.7. The quantitative estimate of drug-likeness (QED) is 0.473. The SMILES string of the molecule is Cc1cc(C)nc(SCC(=O)c2ccco2)n1. The molecule has 0 saturated carbocycles. The van der Waals surface area contributed by atoms with Crippen molar-refractivity contribution in [2.24, 2.45) is 0 Å². The van der Waals surface area contributed by atoms with E-state index in [-0.39, 0.29) is 11.5 Å². The summed E-state index contributed by atoms with van der Waals surface area (Å²) in [7, 11) is 0. The lowest BCUT2D eigenvalue weighted by Gasteiger charge is -2.01. The second-order valence-electron chi connectivity index (χ2n) is 3.62. The third kappa shape index (κ3) is 3.17. The van der Waals surface area contributed by atoms with Crippen LogP contribution in [0.25, 0.3) is 0 Å². The molecular formula is C12H12N2O2S. The van der Waals surface area contributed by atoms with Crippen molar-refractivity contribution in [2.45, 2.75) is 19.0 Å². The van der Waals surface area contributed by atoms with E-state index in [0.29, 0.717) is 10.9 Å². The zero-order valence-corrected chi connectivity index (χ0v) is 10.5. The second-order valence-corrected chi connectivity index (χ2v) is 4.56. The fourth-order valence-corrected chi connectivity index (χ4v) is 2.22. The van der Waals surface area contributed by atoms with Crippen LogP contribution in [0.1, 0.15) is 21.9 Å². The Balaban J connectivity index is 2.00. The van der Waals surface area contributed by atoms with Gasteiger partial charge >= 0.3 is 0 Å². The Kier molecular flexibility index (Phi) is 3.58. The minimum Gasteiger partial charge on any atom is -0.461 e. The molecule has 0 aliphatic rings. The number of hydrogen-bond donors (Lipinski definition) is 0. The summed E-state index contributed by atoms with van der Waals surface area (Å²) in [4.78, 5) is 20.2. The van der Waals surface area contributed by atoms with E-state index in [1.807, 2.05) is 19.9 Å². The second kappa shape index (κ2) is 5.14. The first-order valence-electron chi connectivity index (χ1n) is 5.17. The Morgan fingerprint density at radius 1 is 1.35 bits per heavy atom. The lowest BCUT2D eigenvalue weighted by atomic mass is 10.3. The first-order chi connectivity index (χ1) is 8.15. The molecule has 0 spiro atoms. The van der Waals surface area contributed by atoms with Gasteiger partial charge in [-0.05, 0) is 32.0 Å². The van der Waals surface area contributed by atoms with Gasteiger partial charge in [-0.15, -0.1) is 0 Å². The van der Waals surface area contributed by atoms with Crippen molar-refractivity contribution in [3.63, 3.8) is 0 Å². The molecule has 2 rings (SSSR count). The van der Waals surface area contributed by atoms with Crippen LogP contribution in [0.3, 0.4) is 0 Å². The number of carbonyl (C=O) groups excluding carboxylic acids is 1. The van der Waals surface area contributed by atoms with Gasteiger partial charge < -0.3 is 4.42 Å². The summed E-state index contributed by atoms with van der Waals surface area (Å²) in [5, 5.41) is 0.627. The van der Waals surface area contributed by atoms with Crippen molar-refractivity contribution in [3.8, 4) is 0 Å². The maximum Gasteiger partial charge on any atom is 0.208 e. The number of furan rings is 1. The van der Waals surface area contributed by atoms with E-state index in [9.17, 15) is 4.79 Å². The molecule has 0 radical (unpaired) electrons. The molecule has 0 saturated heterocycles. The van der Waals surface area contributed by atoms with Crippen molar-refractivity contribution in [1.82, 2.24) is 9.97 Å². The normalized spacial score (nSPS) is 10.5. The highest BCUT2D eigenvalue weighted by Gasteiger charge is 2.10. The molecule has 4 nitrogen and oxygen atoms in total. The van der Waals surface area contributed by atoms with Crippen LogP contribution in [-0.2, 0) is 0 Å². The summed E-state index contributed by atoms with van der Waals surface area (Å²) >= 11 is 1.32. The molecule has 17 heavy (non-hydrogen) atoms. The van der Waals surface area contributed by atoms with Gasteiger partial charge in [-0.2, -0.15) is 0 Å². The fourth-order valence-electron chi connectivity index (χ4n) is 1.40. The van der Waals surface area contributed by atoms with Gasteiger partial charge in [0.05, 0.1) is 12.0 Å². The molecular weight excluding hydrogens is 236 g/mol. The molecule has 0 aliphatic heterocycles. The molecule has 0 aromatic carbocycles. The van der Waals surface area contributed by atoms with Gasteiger partial charge in [-0.3, -0.25) is 4.79 Å². The standard InChI is InChI=1S/C12H12N2O2S/c1-8-6-9(2)14-12(13-8)17-7-10(15)11-4-3-5-16-11/h3-6H,7H2,1-2H3. The van der Waals surface area contributed by atoms with Gasteiger partial charge in [0.1, 0.15) is 0 Å². The van der Waals surface area contributed by atoms with Gasteiger partial charge in [-0.1, -0.05) is 11.8 Å². The van der Waals surface area contributed by atoms with Crippen LogP contribution in [0.4, 0.5) is 0 Å². The van der Waals surface area contributed by atoms with Gasteiger partial charge in [0.15, 0.2) is 10.9 Å². The highest BCUT2D eigenvalue weighted by molar-refractivity contribution is 7.99. The van der Waals surface area contributed by atoms with E-state index in [1.165, 1.54) is 18.0 Å². The summed E-state index contributed by atoms with van der Waals surface area (Å²) in [6.45, 7) is 3.82. The third-order valence-corrected chi connectivity index (χ3v) is 2.94. The predicted octanol–water partition coefficient (Wildman–Crippen LogP) is 2.66. The van der Waals surface area contributed by atoms with Crippen LogP contribution >= 0.6 is 11.8 Å². The van der Waals surface area contributed by atoms with Crippen LogP contribution in [0, 0.1) is 13.8 Å². The Morgan fingerprint density at radius 3 is 2.65 bits per heavy atom. The van der Waals surface area contributed by atoms with E-state index in [1.54, 1.807) is 12.1 Å². The number of rotatable bonds is 4. The van der Waals surface area contributed by atoms with Crippen molar-refractivity contribution >= 4 is 17.5 Å². The zero-order chi connectivity index (χ0) is 12.3. The van der Waals surface area contributed by atoms with Crippen molar-refractivity contribution in [3.05, 3.63) is 41.6 Å². The number of Topliss-reactive ketones (excluding diaryl/α,β-unsaturated/α-hetero) is 1. The average Bonchev–Trinajstić information content (AvgIpc) is 2.78. The van der Waals surface area contributed by atoms with Crippen molar-refractivity contribution in [2.75, 3.05) is 5.75 Å². The van der Waals surface area contributed by atoms with E-state index >= 15 is 0 Å². The van der Waals surface area contributed by atoms with Crippen LogP contribution in [0.2, 0.25) is 0 Å². The molecule has 0 amide bonds. The summed E-state index contributed by atoms with van der Waals surface area (Å²) in [5.41, 5.74) is 1.82. The lowest BCUT2D eigenvalue weighted by Crippen LogP contribution is -2.02. The van der Waals surface area contributed by atoms with Crippen molar-refractivity contribution in [1.29, 1.82) is 0 Å². The summed E-state index contributed by atoms with van der Waals surface area (Å²) in [5.74, 6) is 0.612. The fraction of sp³-hybridized carbons (Fsp3) is 0.250. The molecule has 0 bridgehead atoms. The van der Waals surface area contributed by atoms with Crippen LogP contribution in [0.5, 0.6) is 0 Å². The molecule has 0 unspecified atom stereocenters. The highest BCUT2D eigenvalue weighted by atomic mass is 32.2. The average molecular weight is 248 g/mol. The minimum absolute atomic E-state index is 0.0530. The van der Waals surface area contributed by atoms with Crippen molar-refractivity contribution < 1.29 is 9.21 Å². The van der Waals surface area contributed by atoms with Crippen LogP contribution in [-0.4, -0.2) is 21.5 Å². The molecule has 0 fully saturated rings. The number of thioether (sulfide) groups is 1. The van der Waals surface area contributed by atoms with Gasteiger partial charge in [0, 0.05) is 11.4 Å². The Morgan fingerprint density at radius 2 is 2.06 bits per heavy atom. The van der Waals surface area contributed by atoms with Gasteiger partial charge in [0.25, 0.3) is 0 Å². The molecule has 2 heterocycles. The van der Waals surface area contributed by atoms with E-state index in [2.05, 4.69) is 9.97 Å². The number of carbonyl (C=O) groups is 1. The van der Waals surface area contributed by atoms with Gasteiger partial charge in [-0.25, -0.2) is 9.97 Å². The summed E-state index contributed by atoms with van der Waals surface area (Å²) in [6.07, 6.45) is 1.49. The Hall–Kier alpha value is -1.62. The molecule has 5 heteroatoms. The summed E-state index contributed by atoms with van der Waals surface area (Å²) in [6, 6.07) is 5.26. The number of nitrogens with zero attached hydrogens (tertiary/aromatic N) is 2. The number of aromatic nitrogens is 2. The monoisotopic (exact) mass is 248 g/mol. The highest BCUT2D eigenvalue weighted by Crippen LogP contribution is 2.16. The Labute approximate surface area is 103 Å². The number of aryl methyl sites for hydroxylation is 2. The molecule has 0 aliphatic carbocycles. The largest absolute Gasteiger partial charge is 0.461 e. The molecule has 2 aromatic rings. The van der Waals surface area contributed by atoms with E-state index in [4.69, 9.17) is 4.42 Å². The van der Waals surface area contributed by atoms with Crippen LogP contribution < -0.4 is 0 Å².